The molecular weight excluding hydrogens is 150 g/mol. The van der Waals surface area contributed by atoms with Crippen LogP contribution >= 0.6 is 0 Å². The normalized spacial score (nSPS) is 14.1. The Morgan fingerprint density at radius 2 is 1.92 bits per heavy atom. The van der Waals surface area contributed by atoms with Crippen molar-refractivity contribution in [3.63, 3.8) is 0 Å². The molecule has 0 radical (unpaired) electrons. The van der Waals surface area contributed by atoms with Crippen molar-refractivity contribution < 1.29 is 4.79 Å². The quantitative estimate of drug-likeness (QED) is 0.656. The molecule has 0 bridgehead atoms. The number of carbonyl (C=O) groups is 1. The highest BCUT2D eigenvalue weighted by Gasteiger charge is 2.26. The van der Waals surface area contributed by atoms with Crippen molar-refractivity contribution in [3.05, 3.63) is 12.2 Å². The number of Topliss-reactive ketones (excluding diaryl/α,β-unsaturated/α-hetero) is 1. The summed E-state index contributed by atoms with van der Waals surface area (Å²) in [5, 5.41) is 0. The molecule has 2 nitrogen and oxygen atoms in total. The fraction of sp³-hybridized carbons (Fsp3) is 0.700. The van der Waals surface area contributed by atoms with Crippen LogP contribution in [0.15, 0.2) is 12.2 Å². The number of hydrogen-bond acceptors (Lipinski definition) is 2. The Hall–Kier alpha value is -0.630. The van der Waals surface area contributed by atoms with Gasteiger partial charge in [-0.25, -0.2) is 0 Å². The molecule has 0 spiro atoms. The summed E-state index contributed by atoms with van der Waals surface area (Å²) in [5.41, 5.74) is 6.48. The predicted octanol–water partition coefficient (Wildman–Crippen LogP) is 1.90. The molecule has 0 aromatic heterocycles. The maximum absolute atomic E-state index is 11.4. The molecule has 0 saturated heterocycles. The van der Waals surface area contributed by atoms with Gasteiger partial charge in [0.05, 0.1) is 6.04 Å². The lowest BCUT2D eigenvalue weighted by Crippen LogP contribution is -2.42. The molecule has 1 atom stereocenters. The zero-order chi connectivity index (χ0) is 9.94. The summed E-state index contributed by atoms with van der Waals surface area (Å²) in [6.45, 7) is 11.4. The fourth-order valence-electron chi connectivity index (χ4n) is 0.890. The summed E-state index contributed by atoms with van der Waals surface area (Å²) >= 11 is 0. The van der Waals surface area contributed by atoms with Gasteiger partial charge in [-0.15, -0.1) is 0 Å². The van der Waals surface area contributed by atoms with Crippen LogP contribution in [0.1, 0.15) is 34.1 Å². The number of allylic oxidation sites excluding steroid dienone is 1. The van der Waals surface area contributed by atoms with Crippen LogP contribution in [0.3, 0.4) is 0 Å². The SMILES string of the molecule is C=C(C)CC(=O)C(N)C(C)(C)C. The van der Waals surface area contributed by atoms with E-state index < -0.39 is 0 Å². The van der Waals surface area contributed by atoms with E-state index in [-0.39, 0.29) is 17.2 Å². The van der Waals surface area contributed by atoms with Crippen molar-refractivity contribution in [3.8, 4) is 0 Å². The van der Waals surface area contributed by atoms with Crippen LogP contribution < -0.4 is 5.73 Å². The van der Waals surface area contributed by atoms with E-state index in [4.69, 9.17) is 5.73 Å². The van der Waals surface area contributed by atoms with Crippen LogP contribution in [0.4, 0.5) is 0 Å². The highest BCUT2D eigenvalue weighted by molar-refractivity contribution is 5.86. The third-order valence-corrected chi connectivity index (χ3v) is 1.76. The second-order valence-electron chi connectivity index (χ2n) is 4.44. The Morgan fingerprint density at radius 1 is 1.50 bits per heavy atom. The second kappa shape index (κ2) is 3.85. The highest BCUT2D eigenvalue weighted by atomic mass is 16.1. The first kappa shape index (κ1) is 11.4. The van der Waals surface area contributed by atoms with E-state index in [0.717, 1.165) is 5.57 Å². The minimum Gasteiger partial charge on any atom is -0.321 e. The van der Waals surface area contributed by atoms with Crippen molar-refractivity contribution in [2.45, 2.75) is 40.2 Å². The summed E-state index contributed by atoms with van der Waals surface area (Å²) in [7, 11) is 0. The molecule has 0 aliphatic rings. The van der Waals surface area contributed by atoms with E-state index in [9.17, 15) is 4.79 Å². The molecule has 0 aliphatic heterocycles. The molecule has 2 N–H and O–H groups in total. The van der Waals surface area contributed by atoms with Crippen LogP contribution in [-0.2, 0) is 4.79 Å². The smallest absolute Gasteiger partial charge is 0.154 e. The van der Waals surface area contributed by atoms with E-state index in [1.165, 1.54) is 0 Å². The minimum atomic E-state index is -0.380. The van der Waals surface area contributed by atoms with Gasteiger partial charge in [0.15, 0.2) is 5.78 Å². The topological polar surface area (TPSA) is 43.1 Å². The Balaban J connectivity index is 4.21. The van der Waals surface area contributed by atoms with Gasteiger partial charge in [0, 0.05) is 6.42 Å². The van der Waals surface area contributed by atoms with Crippen molar-refractivity contribution in [1.29, 1.82) is 0 Å². The van der Waals surface area contributed by atoms with Gasteiger partial charge in [-0.1, -0.05) is 32.9 Å². The van der Waals surface area contributed by atoms with Gasteiger partial charge < -0.3 is 5.73 Å². The average Bonchev–Trinajstić information content (AvgIpc) is 1.82. The van der Waals surface area contributed by atoms with Crippen molar-refractivity contribution in [1.82, 2.24) is 0 Å². The van der Waals surface area contributed by atoms with Crippen molar-refractivity contribution in [2.75, 3.05) is 0 Å². The van der Waals surface area contributed by atoms with Crippen LogP contribution in [0.25, 0.3) is 0 Å². The van der Waals surface area contributed by atoms with E-state index in [1.807, 2.05) is 27.7 Å². The van der Waals surface area contributed by atoms with Gasteiger partial charge in [-0.3, -0.25) is 4.79 Å². The van der Waals surface area contributed by atoms with E-state index >= 15 is 0 Å². The van der Waals surface area contributed by atoms with E-state index in [2.05, 4.69) is 6.58 Å². The molecule has 1 unspecified atom stereocenters. The molecule has 0 fully saturated rings. The van der Waals surface area contributed by atoms with Crippen molar-refractivity contribution >= 4 is 5.78 Å². The van der Waals surface area contributed by atoms with Crippen LogP contribution in [-0.4, -0.2) is 11.8 Å². The summed E-state index contributed by atoms with van der Waals surface area (Å²) in [5.74, 6) is 0.0787. The van der Waals surface area contributed by atoms with Gasteiger partial charge in [-0.2, -0.15) is 0 Å². The predicted molar refractivity (Wildman–Crippen MR) is 51.9 cm³/mol. The van der Waals surface area contributed by atoms with Crippen molar-refractivity contribution in [2.24, 2.45) is 11.1 Å². The molecule has 0 saturated carbocycles. The Morgan fingerprint density at radius 3 is 2.17 bits per heavy atom. The molecule has 0 amide bonds. The van der Waals surface area contributed by atoms with Gasteiger partial charge in [0.1, 0.15) is 0 Å². The zero-order valence-electron chi connectivity index (χ0n) is 8.48. The maximum atomic E-state index is 11.4. The largest absolute Gasteiger partial charge is 0.321 e. The fourth-order valence-corrected chi connectivity index (χ4v) is 0.890. The first-order valence-corrected chi connectivity index (χ1v) is 4.18. The van der Waals surface area contributed by atoms with Gasteiger partial charge in [0.2, 0.25) is 0 Å². The third kappa shape index (κ3) is 3.67. The molecule has 0 aromatic carbocycles. The molecule has 0 aromatic rings. The number of ketones is 1. The maximum Gasteiger partial charge on any atom is 0.154 e. The zero-order valence-corrected chi connectivity index (χ0v) is 8.48. The number of rotatable bonds is 3. The number of hydrogen-bond donors (Lipinski definition) is 1. The Bertz CT molecular complexity index is 189. The average molecular weight is 169 g/mol. The van der Waals surface area contributed by atoms with Crippen LogP contribution in [0.5, 0.6) is 0 Å². The Labute approximate surface area is 74.8 Å². The third-order valence-electron chi connectivity index (χ3n) is 1.76. The molecule has 0 rings (SSSR count). The first-order valence-electron chi connectivity index (χ1n) is 4.18. The lowest BCUT2D eigenvalue weighted by molar-refractivity contribution is -0.121. The van der Waals surface area contributed by atoms with E-state index in [1.54, 1.807) is 0 Å². The van der Waals surface area contributed by atoms with Crippen LogP contribution in [0.2, 0.25) is 0 Å². The number of carbonyl (C=O) groups excluding carboxylic acids is 1. The van der Waals surface area contributed by atoms with Crippen LogP contribution in [0, 0.1) is 5.41 Å². The lowest BCUT2D eigenvalue weighted by Gasteiger charge is -2.25. The van der Waals surface area contributed by atoms with Gasteiger partial charge >= 0.3 is 0 Å². The number of nitrogens with two attached hydrogens (primary N) is 1. The summed E-state index contributed by atoms with van der Waals surface area (Å²) in [4.78, 5) is 11.4. The molecule has 70 valence electrons. The molecule has 0 heterocycles. The minimum absolute atomic E-state index is 0.0787. The van der Waals surface area contributed by atoms with Gasteiger partial charge in [0.25, 0.3) is 0 Å². The highest BCUT2D eigenvalue weighted by Crippen LogP contribution is 2.19. The molecular formula is C10H19NO. The molecule has 2 heteroatoms. The standard InChI is InChI=1S/C10H19NO/c1-7(2)6-8(12)9(11)10(3,4)5/h9H,1,6,11H2,2-5H3. The monoisotopic (exact) mass is 169 g/mol. The summed E-state index contributed by atoms with van der Waals surface area (Å²) < 4.78 is 0. The lowest BCUT2D eigenvalue weighted by atomic mass is 9.83. The molecule has 12 heavy (non-hydrogen) atoms. The second-order valence-corrected chi connectivity index (χ2v) is 4.44. The Kier molecular flexibility index (Phi) is 3.65. The summed E-state index contributed by atoms with van der Waals surface area (Å²) in [6.07, 6.45) is 0.401. The summed E-state index contributed by atoms with van der Waals surface area (Å²) in [6, 6.07) is -0.380. The van der Waals surface area contributed by atoms with E-state index in [0.29, 0.717) is 6.42 Å². The first-order chi connectivity index (χ1) is 5.25. The molecule has 0 aliphatic carbocycles. The van der Waals surface area contributed by atoms with Gasteiger partial charge in [-0.05, 0) is 12.3 Å².